The first kappa shape index (κ1) is 30.8. The summed E-state index contributed by atoms with van der Waals surface area (Å²) in [5, 5.41) is 7.00. The van der Waals surface area contributed by atoms with E-state index >= 15 is 0 Å². The molecule has 9 heteroatoms. The van der Waals surface area contributed by atoms with E-state index < -0.39 is 23.1 Å². The maximum atomic E-state index is 12.3. The number of benzene rings is 3. The Balaban J connectivity index is 0.00000198. The predicted octanol–water partition coefficient (Wildman–Crippen LogP) is 4.63. The van der Waals surface area contributed by atoms with Crippen molar-refractivity contribution >= 4 is 0 Å². The van der Waals surface area contributed by atoms with Gasteiger partial charge in [-0.1, -0.05) is 54.6 Å². The van der Waals surface area contributed by atoms with Crippen LogP contribution in [0.1, 0.15) is 49.1 Å². The highest BCUT2D eigenvalue weighted by atomic mass is 16.5. The van der Waals surface area contributed by atoms with E-state index in [1.807, 2.05) is 73.7 Å². The fourth-order valence-corrected chi connectivity index (χ4v) is 5.47. The molecule has 9 nitrogen and oxygen atoms in total. The molecule has 0 saturated carbocycles. The van der Waals surface area contributed by atoms with Gasteiger partial charge in [0, 0.05) is 19.4 Å². The van der Waals surface area contributed by atoms with Gasteiger partial charge in [-0.05, 0) is 67.1 Å². The predicted molar refractivity (Wildman–Crippen MR) is 160 cm³/mol. The molecule has 0 bridgehead atoms. The van der Waals surface area contributed by atoms with Crippen LogP contribution in [0.3, 0.4) is 0 Å². The van der Waals surface area contributed by atoms with Crippen molar-refractivity contribution in [3.8, 4) is 11.5 Å². The lowest BCUT2D eigenvalue weighted by Gasteiger charge is -2.39. The number of aliphatic hydroxyl groups is 1. The van der Waals surface area contributed by atoms with Gasteiger partial charge in [0.05, 0.1) is 26.4 Å². The average Bonchev–Trinajstić information content (AvgIpc) is 3.49. The molecule has 42 heavy (non-hydrogen) atoms. The van der Waals surface area contributed by atoms with Crippen molar-refractivity contribution in [1.29, 1.82) is 0 Å². The number of aliphatic hydroxyl groups excluding tert-OH is 1. The third-order valence-electron chi connectivity index (χ3n) is 7.39. The largest absolute Gasteiger partial charge is 0.497 e. The van der Waals surface area contributed by atoms with Crippen LogP contribution < -0.4 is 20.7 Å². The van der Waals surface area contributed by atoms with Crippen LogP contribution in [-0.2, 0) is 15.1 Å². The third-order valence-corrected chi connectivity index (χ3v) is 7.39. The molecule has 4 aromatic rings. The molecule has 0 aliphatic carbocycles. The molecule has 0 radical (unpaired) electrons. The summed E-state index contributed by atoms with van der Waals surface area (Å²) >= 11 is 0. The minimum absolute atomic E-state index is 0.112. The molecule has 1 aromatic heterocycles. The van der Waals surface area contributed by atoms with E-state index in [1.165, 1.54) is 16.8 Å². The smallest absolute Gasteiger partial charge is 0.330 e. The van der Waals surface area contributed by atoms with Crippen LogP contribution in [0.15, 0.2) is 101 Å². The van der Waals surface area contributed by atoms with Crippen LogP contribution in [0.4, 0.5) is 0 Å². The van der Waals surface area contributed by atoms with Gasteiger partial charge >= 0.3 is 5.69 Å². The topological polar surface area (TPSA) is 112 Å². The standard InChI is InChI=1S/C32H34N2O6.CH4O/c1-22(21-28-17-18-30(39-28)34-20-19-29(35)33-31(34)36)40-32(23-7-5-4-6-8-23,24-9-13-26(37-2)14-10-24)25-11-15-27(38-3)16-12-25;1-2/h4-16,19-20,22,28,30H,17-18,21H2,1-3H3,(H,33,35,36);2H,1H3/t22?,28-,30?;/m0./s1. The van der Waals surface area contributed by atoms with Crippen LogP contribution >= 0.6 is 0 Å². The summed E-state index contributed by atoms with van der Waals surface area (Å²) in [5.74, 6) is 1.52. The normalized spacial score (nSPS) is 17.2. The molecule has 3 atom stereocenters. The van der Waals surface area contributed by atoms with Gasteiger partial charge < -0.3 is 24.1 Å². The molecule has 222 valence electrons. The summed E-state index contributed by atoms with van der Waals surface area (Å²) in [6, 6.07) is 27.4. The number of rotatable bonds is 10. The molecule has 0 spiro atoms. The minimum atomic E-state index is -0.924. The van der Waals surface area contributed by atoms with Crippen LogP contribution in [0.5, 0.6) is 11.5 Å². The van der Waals surface area contributed by atoms with Gasteiger partial charge in [0.1, 0.15) is 23.3 Å². The zero-order chi connectivity index (χ0) is 30.1. The van der Waals surface area contributed by atoms with Gasteiger partial charge in [-0.3, -0.25) is 14.3 Å². The first-order chi connectivity index (χ1) is 20.4. The highest BCUT2D eigenvalue weighted by Crippen LogP contribution is 2.43. The molecule has 2 unspecified atom stereocenters. The number of methoxy groups -OCH3 is 2. The fraction of sp³-hybridized carbons (Fsp3) is 0.333. The second-order valence-corrected chi connectivity index (χ2v) is 9.98. The molecular formula is C33H38N2O7. The summed E-state index contributed by atoms with van der Waals surface area (Å²) in [5.41, 5.74) is 1.09. The number of nitrogens with zero attached hydrogens (tertiary/aromatic N) is 1. The van der Waals surface area contributed by atoms with Crippen LogP contribution in [0.25, 0.3) is 0 Å². The Bertz CT molecular complexity index is 1470. The van der Waals surface area contributed by atoms with E-state index in [-0.39, 0.29) is 12.2 Å². The Morgan fingerprint density at radius 3 is 1.93 bits per heavy atom. The molecule has 3 aromatic carbocycles. The number of hydrogen-bond acceptors (Lipinski definition) is 7. The molecule has 1 aliphatic rings. The van der Waals surface area contributed by atoms with Gasteiger partial charge in [-0.25, -0.2) is 4.79 Å². The molecule has 0 amide bonds. The number of aromatic amines is 1. The van der Waals surface area contributed by atoms with Crippen LogP contribution in [0.2, 0.25) is 0 Å². The van der Waals surface area contributed by atoms with E-state index in [2.05, 4.69) is 17.1 Å². The molecule has 1 saturated heterocycles. The Hall–Kier alpha value is -4.18. The second-order valence-electron chi connectivity index (χ2n) is 9.98. The highest BCUT2D eigenvalue weighted by molar-refractivity contribution is 5.49. The van der Waals surface area contributed by atoms with Crippen molar-refractivity contribution in [2.45, 2.75) is 50.2 Å². The summed E-state index contributed by atoms with van der Waals surface area (Å²) < 4.78 is 25.7. The van der Waals surface area contributed by atoms with Crippen LogP contribution in [-0.4, -0.2) is 48.2 Å². The Morgan fingerprint density at radius 1 is 0.857 bits per heavy atom. The van der Waals surface area contributed by atoms with E-state index in [0.29, 0.717) is 12.8 Å². The van der Waals surface area contributed by atoms with Crippen molar-refractivity contribution in [3.05, 3.63) is 129 Å². The average molecular weight is 575 g/mol. The van der Waals surface area contributed by atoms with Gasteiger partial charge in [0.25, 0.3) is 5.56 Å². The van der Waals surface area contributed by atoms with Crippen molar-refractivity contribution in [1.82, 2.24) is 9.55 Å². The quantitative estimate of drug-likeness (QED) is 0.266. The van der Waals surface area contributed by atoms with Crippen molar-refractivity contribution in [2.24, 2.45) is 0 Å². The van der Waals surface area contributed by atoms with Crippen molar-refractivity contribution < 1.29 is 24.1 Å². The lowest BCUT2D eigenvalue weighted by molar-refractivity contribution is -0.0751. The zero-order valence-corrected chi connectivity index (χ0v) is 24.4. The molecule has 2 N–H and O–H groups in total. The maximum Gasteiger partial charge on any atom is 0.330 e. The first-order valence-corrected chi connectivity index (χ1v) is 13.9. The van der Waals surface area contributed by atoms with Gasteiger partial charge in [-0.15, -0.1) is 0 Å². The SMILES string of the molecule is CO.COc1ccc(C(OC(C)C[C@@H]2CCC(n3ccc(=O)[nH]c3=O)O2)(c2ccccc2)c2ccc(OC)cc2)cc1. The Morgan fingerprint density at radius 2 is 1.40 bits per heavy atom. The molecule has 1 aliphatic heterocycles. The number of hydrogen-bond donors (Lipinski definition) is 2. The zero-order valence-electron chi connectivity index (χ0n) is 24.4. The number of H-pyrrole nitrogens is 1. The van der Waals surface area contributed by atoms with E-state index in [4.69, 9.17) is 24.1 Å². The molecule has 2 heterocycles. The first-order valence-electron chi connectivity index (χ1n) is 13.9. The van der Waals surface area contributed by atoms with Crippen LogP contribution in [0, 0.1) is 0 Å². The van der Waals surface area contributed by atoms with Gasteiger partial charge in [0.2, 0.25) is 0 Å². The maximum absolute atomic E-state index is 12.3. The Kier molecular flexibility index (Phi) is 10.4. The van der Waals surface area contributed by atoms with Crippen molar-refractivity contribution in [2.75, 3.05) is 21.3 Å². The molecule has 1 fully saturated rings. The number of nitrogens with one attached hydrogen (secondary N) is 1. The molecule has 5 rings (SSSR count). The third kappa shape index (κ3) is 6.65. The highest BCUT2D eigenvalue weighted by Gasteiger charge is 2.40. The number of aromatic nitrogens is 2. The van der Waals surface area contributed by atoms with Crippen molar-refractivity contribution in [3.63, 3.8) is 0 Å². The second kappa shape index (κ2) is 14.1. The lowest BCUT2D eigenvalue weighted by Crippen LogP contribution is -2.37. The Labute approximate surface area is 245 Å². The number of ether oxygens (including phenoxy) is 4. The summed E-state index contributed by atoms with van der Waals surface area (Å²) in [6.45, 7) is 2.05. The van der Waals surface area contributed by atoms with E-state index in [0.717, 1.165) is 41.7 Å². The lowest BCUT2D eigenvalue weighted by atomic mass is 9.79. The summed E-state index contributed by atoms with van der Waals surface area (Å²) in [7, 11) is 4.30. The monoisotopic (exact) mass is 574 g/mol. The van der Waals surface area contributed by atoms with Gasteiger partial charge in [0.15, 0.2) is 0 Å². The summed E-state index contributed by atoms with van der Waals surface area (Å²) in [6.07, 6.45) is 2.79. The van der Waals surface area contributed by atoms with E-state index in [1.54, 1.807) is 14.2 Å². The fourth-order valence-electron chi connectivity index (χ4n) is 5.47. The van der Waals surface area contributed by atoms with Gasteiger partial charge in [-0.2, -0.15) is 0 Å². The minimum Gasteiger partial charge on any atom is -0.497 e. The molecular weight excluding hydrogens is 536 g/mol. The summed E-state index contributed by atoms with van der Waals surface area (Å²) in [4.78, 5) is 26.1. The van der Waals surface area contributed by atoms with E-state index in [9.17, 15) is 9.59 Å².